The second-order valence-corrected chi connectivity index (χ2v) is 5.93. The summed E-state index contributed by atoms with van der Waals surface area (Å²) in [7, 11) is 0. The molecule has 0 heterocycles. The lowest BCUT2D eigenvalue weighted by molar-refractivity contribution is 0.151. The second-order valence-electron chi connectivity index (χ2n) is 4.76. The van der Waals surface area contributed by atoms with Gasteiger partial charge in [0.1, 0.15) is 0 Å². The highest BCUT2D eigenvalue weighted by atomic mass is 32.2. The quantitative estimate of drug-likeness (QED) is 0.546. The van der Waals surface area contributed by atoms with E-state index in [1.54, 1.807) is 0 Å². The maximum absolute atomic E-state index is 5.49. The summed E-state index contributed by atoms with van der Waals surface area (Å²) in [5.41, 5.74) is 1.39. The Kier molecular flexibility index (Phi) is 6.05. The molecule has 0 bridgehead atoms. The Labute approximate surface area is 114 Å². The van der Waals surface area contributed by atoms with Crippen molar-refractivity contribution in [2.24, 2.45) is 0 Å². The minimum atomic E-state index is 0.781. The Morgan fingerprint density at radius 2 is 2.22 bits per heavy atom. The average molecular weight is 265 g/mol. The van der Waals surface area contributed by atoms with E-state index >= 15 is 0 Å². The Bertz CT molecular complexity index is 352. The lowest BCUT2D eigenvalue weighted by Gasteiger charge is -2.06. The smallest absolute Gasteiger partial charge is 0.0560 e. The van der Waals surface area contributed by atoms with Crippen molar-refractivity contribution in [2.45, 2.75) is 43.7 Å². The maximum atomic E-state index is 5.49. The largest absolute Gasteiger partial charge is 0.381 e. The molecule has 0 atom stereocenters. The third-order valence-electron chi connectivity index (χ3n) is 2.92. The molecule has 1 aliphatic carbocycles. The summed E-state index contributed by atoms with van der Waals surface area (Å²) >= 11 is 1.88. The van der Waals surface area contributed by atoms with Gasteiger partial charge in [0.15, 0.2) is 0 Å². The number of benzene rings is 1. The van der Waals surface area contributed by atoms with Crippen LogP contribution >= 0.6 is 11.8 Å². The van der Waals surface area contributed by atoms with Crippen LogP contribution in [0.4, 0.5) is 0 Å². The molecule has 1 N–H and O–H groups in total. The van der Waals surface area contributed by atoms with Crippen LogP contribution in [0.2, 0.25) is 0 Å². The number of rotatable bonds is 9. The summed E-state index contributed by atoms with van der Waals surface area (Å²) in [5.74, 6) is 1.04. The van der Waals surface area contributed by atoms with Gasteiger partial charge < -0.3 is 10.1 Å². The van der Waals surface area contributed by atoms with E-state index in [2.05, 4.69) is 36.5 Å². The fraction of sp³-hybridized carbons (Fsp3) is 0.600. The van der Waals surface area contributed by atoms with Gasteiger partial charge in [0.2, 0.25) is 0 Å². The molecule has 100 valence electrons. The first-order valence-corrected chi connectivity index (χ1v) is 7.90. The van der Waals surface area contributed by atoms with E-state index in [1.807, 2.05) is 11.8 Å². The highest BCUT2D eigenvalue weighted by molar-refractivity contribution is 7.99. The van der Waals surface area contributed by atoms with Crippen LogP contribution in [0.15, 0.2) is 29.2 Å². The number of hydrogen-bond acceptors (Lipinski definition) is 3. The molecule has 18 heavy (non-hydrogen) atoms. The molecule has 2 rings (SSSR count). The Morgan fingerprint density at radius 1 is 1.33 bits per heavy atom. The van der Waals surface area contributed by atoms with E-state index in [1.165, 1.54) is 23.3 Å². The van der Waals surface area contributed by atoms with Gasteiger partial charge in [0, 0.05) is 29.8 Å². The molecule has 0 radical (unpaired) electrons. The molecule has 1 aromatic carbocycles. The monoisotopic (exact) mass is 265 g/mol. The van der Waals surface area contributed by atoms with Crippen molar-refractivity contribution in [3.63, 3.8) is 0 Å². The Morgan fingerprint density at radius 3 is 3.00 bits per heavy atom. The lowest BCUT2D eigenvalue weighted by Crippen LogP contribution is -2.15. The van der Waals surface area contributed by atoms with Crippen LogP contribution in [0, 0.1) is 0 Å². The fourth-order valence-electron chi connectivity index (χ4n) is 1.76. The Balaban J connectivity index is 1.68. The van der Waals surface area contributed by atoms with E-state index in [9.17, 15) is 0 Å². The van der Waals surface area contributed by atoms with Crippen molar-refractivity contribution >= 4 is 11.8 Å². The fourth-order valence-corrected chi connectivity index (χ4v) is 2.61. The summed E-state index contributed by atoms with van der Waals surface area (Å²) < 4.78 is 5.49. The highest BCUT2D eigenvalue weighted by Crippen LogP contribution is 2.21. The number of hydrogen-bond donors (Lipinski definition) is 1. The van der Waals surface area contributed by atoms with Gasteiger partial charge in [-0.15, -0.1) is 11.8 Å². The standard InChI is InChI=1S/C15H23NOS/c1-2-8-17-9-10-18-15-5-3-4-13(11-15)12-16-14-6-7-14/h3-5,11,14,16H,2,6-10,12H2,1H3. The molecule has 3 heteroatoms. The second kappa shape index (κ2) is 7.82. The summed E-state index contributed by atoms with van der Waals surface area (Å²) in [5, 5.41) is 3.55. The zero-order valence-electron chi connectivity index (χ0n) is 11.2. The van der Waals surface area contributed by atoms with E-state index in [4.69, 9.17) is 4.74 Å². The van der Waals surface area contributed by atoms with Crippen molar-refractivity contribution < 1.29 is 4.74 Å². The van der Waals surface area contributed by atoms with Gasteiger partial charge in [0.05, 0.1) is 6.61 Å². The van der Waals surface area contributed by atoms with Gasteiger partial charge in [-0.1, -0.05) is 19.1 Å². The summed E-state index contributed by atoms with van der Waals surface area (Å²) in [6.07, 6.45) is 3.80. The molecule has 1 aliphatic rings. The number of thioether (sulfide) groups is 1. The van der Waals surface area contributed by atoms with Crippen LogP contribution in [0.1, 0.15) is 31.7 Å². The maximum Gasteiger partial charge on any atom is 0.0560 e. The molecule has 0 aromatic heterocycles. The van der Waals surface area contributed by atoms with Gasteiger partial charge in [0.25, 0.3) is 0 Å². The van der Waals surface area contributed by atoms with Gasteiger partial charge >= 0.3 is 0 Å². The normalized spacial score (nSPS) is 14.9. The molecular weight excluding hydrogens is 242 g/mol. The number of ether oxygens (including phenoxy) is 1. The van der Waals surface area contributed by atoms with Gasteiger partial charge in [-0.2, -0.15) is 0 Å². The summed E-state index contributed by atoms with van der Waals surface area (Å²) in [4.78, 5) is 1.35. The molecule has 2 nitrogen and oxygen atoms in total. The van der Waals surface area contributed by atoms with E-state index in [0.29, 0.717) is 0 Å². The van der Waals surface area contributed by atoms with Crippen molar-refractivity contribution in [3.05, 3.63) is 29.8 Å². The van der Waals surface area contributed by atoms with Crippen molar-refractivity contribution in [2.75, 3.05) is 19.0 Å². The molecule has 1 fully saturated rings. The van der Waals surface area contributed by atoms with Crippen molar-refractivity contribution in [1.82, 2.24) is 5.32 Å². The average Bonchev–Trinajstić information content (AvgIpc) is 3.21. The van der Waals surface area contributed by atoms with Crippen LogP contribution in [-0.4, -0.2) is 25.0 Å². The van der Waals surface area contributed by atoms with Crippen LogP contribution in [-0.2, 0) is 11.3 Å². The van der Waals surface area contributed by atoms with E-state index < -0.39 is 0 Å². The first-order valence-electron chi connectivity index (χ1n) is 6.91. The third kappa shape index (κ3) is 5.42. The van der Waals surface area contributed by atoms with Gasteiger partial charge in [-0.05, 0) is 37.0 Å². The Hall–Kier alpha value is -0.510. The van der Waals surface area contributed by atoms with Gasteiger partial charge in [-0.3, -0.25) is 0 Å². The zero-order chi connectivity index (χ0) is 12.6. The molecule has 0 unspecified atom stereocenters. The first-order chi connectivity index (χ1) is 8.88. The van der Waals surface area contributed by atoms with Crippen molar-refractivity contribution in [1.29, 1.82) is 0 Å². The minimum absolute atomic E-state index is 0.781. The van der Waals surface area contributed by atoms with Gasteiger partial charge in [-0.25, -0.2) is 0 Å². The van der Waals surface area contributed by atoms with E-state index in [0.717, 1.165) is 38.0 Å². The predicted molar refractivity (Wildman–Crippen MR) is 78.1 cm³/mol. The molecule has 1 aromatic rings. The zero-order valence-corrected chi connectivity index (χ0v) is 12.0. The van der Waals surface area contributed by atoms with Crippen LogP contribution < -0.4 is 5.32 Å². The molecular formula is C15H23NOS. The topological polar surface area (TPSA) is 21.3 Å². The van der Waals surface area contributed by atoms with Crippen LogP contribution in [0.5, 0.6) is 0 Å². The SMILES string of the molecule is CCCOCCSc1cccc(CNC2CC2)c1. The molecule has 0 amide bonds. The lowest BCUT2D eigenvalue weighted by atomic mass is 10.2. The summed E-state index contributed by atoms with van der Waals surface area (Å²) in [6.45, 7) is 4.88. The first kappa shape index (κ1) is 13.9. The van der Waals surface area contributed by atoms with E-state index in [-0.39, 0.29) is 0 Å². The molecule has 0 saturated heterocycles. The van der Waals surface area contributed by atoms with Crippen molar-refractivity contribution in [3.8, 4) is 0 Å². The predicted octanol–water partition coefficient (Wildman–Crippen LogP) is 3.46. The molecule has 0 aliphatic heterocycles. The number of nitrogens with one attached hydrogen (secondary N) is 1. The van der Waals surface area contributed by atoms with Crippen LogP contribution in [0.3, 0.4) is 0 Å². The molecule has 0 spiro atoms. The van der Waals surface area contributed by atoms with Crippen LogP contribution in [0.25, 0.3) is 0 Å². The third-order valence-corrected chi connectivity index (χ3v) is 3.87. The molecule has 1 saturated carbocycles. The minimum Gasteiger partial charge on any atom is -0.381 e. The summed E-state index contributed by atoms with van der Waals surface area (Å²) in [6, 6.07) is 9.61. The highest BCUT2D eigenvalue weighted by Gasteiger charge is 2.19.